The summed E-state index contributed by atoms with van der Waals surface area (Å²) >= 11 is 0. The first-order chi connectivity index (χ1) is 17.6. The molecule has 0 atom stereocenters. The number of piperidine rings is 1. The molecular weight excluding hydrogens is 462 g/mol. The van der Waals surface area contributed by atoms with Crippen LogP contribution in [0.1, 0.15) is 42.7 Å². The van der Waals surface area contributed by atoms with Crippen molar-refractivity contribution >= 4 is 28.4 Å². The van der Waals surface area contributed by atoms with E-state index in [1.54, 1.807) is 0 Å². The summed E-state index contributed by atoms with van der Waals surface area (Å²) in [6.45, 7) is 4.08. The molecule has 2 aliphatic rings. The van der Waals surface area contributed by atoms with Gasteiger partial charge in [-0.2, -0.15) is 5.26 Å². The molecule has 0 radical (unpaired) electrons. The third kappa shape index (κ3) is 4.40. The maximum absolute atomic E-state index is 11.8. The summed E-state index contributed by atoms with van der Waals surface area (Å²) in [6.07, 6.45) is 5.01. The minimum absolute atomic E-state index is 0. The molecule has 0 saturated carbocycles. The number of nitrogens with two attached hydrogens (primary N) is 1. The van der Waals surface area contributed by atoms with Gasteiger partial charge in [0.1, 0.15) is 11.9 Å². The number of carbonyl (C=O) groups excluding carboxylic acids is 1. The van der Waals surface area contributed by atoms with E-state index in [0.29, 0.717) is 5.56 Å². The van der Waals surface area contributed by atoms with E-state index in [2.05, 4.69) is 37.4 Å². The summed E-state index contributed by atoms with van der Waals surface area (Å²) < 4.78 is 2.18. The minimum Gasteiger partial charge on any atom is -0.369 e. The van der Waals surface area contributed by atoms with Gasteiger partial charge in [0.15, 0.2) is 5.65 Å². The molecule has 1 fully saturated rings. The molecule has 0 spiro atoms. The van der Waals surface area contributed by atoms with Crippen LogP contribution < -0.4 is 10.6 Å². The highest BCUT2D eigenvalue weighted by atomic mass is 16.1. The molecule has 8 heteroatoms. The zero-order valence-corrected chi connectivity index (χ0v) is 20.2. The zero-order chi connectivity index (χ0) is 24.6. The minimum atomic E-state index is -0.213. The van der Waals surface area contributed by atoms with E-state index in [0.717, 1.165) is 92.2 Å². The number of anilines is 1. The molecule has 1 amide bonds. The molecule has 1 saturated heterocycles. The maximum atomic E-state index is 11.8. The Morgan fingerprint density at radius 1 is 1.08 bits per heavy atom. The van der Waals surface area contributed by atoms with Crippen molar-refractivity contribution in [1.29, 1.82) is 5.26 Å². The number of nitriles is 1. The lowest BCUT2D eigenvalue weighted by atomic mass is 9.93. The van der Waals surface area contributed by atoms with Crippen LogP contribution in [0.3, 0.4) is 0 Å². The maximum Gasteiger partial charge on any atom is 0.220 e. The molecule has 8 nitrogen and oxygen atoms in total. The standard InChI is InChI=1S/C28H29N7O.CH4/c29-17-22-21-11-14-33(13-10-20-5-3-4-12-31-20)18-23(21)28(34-15-8-19(9-16-34)26(30)36)35-25-7-2-1-6-24(25)32-27(22)35;/h1-7,12,19H,8-11,13-16,18H2,(H2,30,36);1H4. The third-order valence-corrected chi connectivity index (χ3v) is 7.71. The Morgan fingerprint density at radius 3 is 2.59 bits per heavy atom. The van der Waals surface area contributed by atoms with E-state index in [1.807, 2.05) is 36.5 Å². The van der Waals surface area contributed by atoms with Gasteiger partial charge < -0.3 is 10.6 Å². The van der Waals surface area contributed by atoms with Gasteiger partial charge in [-0.05, 0) is 49.1 Å². The molecule has 2 N–H and O–H groups in total. The Kier molecular flexibility index (Phi) is 6.81. The summed E-state index contributed by atoms with van der Waals surface area (Å²) in [5.74, 6) is 0.814. The number of imidazole rings is 1. The van der Waals surface area contributed by atoms with Crippen LogP contribution in [0.25, 0.3) is 16.7 Å². The summed E-state index contributed by atoms with van der Waals surface area (Å²) in [6, 6.07) is 16.6. The average molecular weight is 496 g/mol. The topological polar surface area (TPSA) is 104 Å². The van der Waals surface area contributed by atoms with Crippen molar-refractivity contribution in [3.63, 3.8) is 0 Å². The fraction of sp³-hybridized carbons (Fsp3) is 0.379. The molecular formula is C29H33N7O. The molecule has 3 aromatic heterocycles. The van der Waals surface area contributed by atoms with Crippen molar-refractivity contribution < 1.29 is 4.79 Å². The largest absolute Gasteiger partial charge is 0.369 e. The van der Waals surface area contributed by atoms with Crippen molar-refractivity contribution in [3.05, 3.63) is 71.0 Å². The summed E-state index contributed by atoms with van der Waals surface area (Å²) in [5.41, 5.74) is 12.3. The van der Waals surface area contributed by atoms with Gasteiger partial charge >= 0.3 is 0 Å². The van der Waals surface area contributed by atoms with Crippen LogP contribution in [-0.2, 0) is 24.2 Å². The van der Waals surface area contributed by atoms with Crippen LogP contribution in [-0.4, -0.2) is 51.4 Å². The van der Waals surface area contributed by atoms with Crippen LogP contribution in [0.4, 0.5) is 5.82 Å². The number of benzene rings is 1. The Bertz CT molecular complexity index is 1480. The third-order valence-electron chi connectivity index (χ3n) is 7.71. The predicted molar refractivity (Wildman–Crippen MR) is 145 cm³/mol. The van der Waals surface area contributed by atoms with E-state index < -0.39 is 0 Å². The number of pyridine rings is 2. The predicted octanol–water partition coefficient (Wildman–Crippen LogP) is 3.69. The fourth-order valence-corrected chi connectivity index (χ4v) is 5.81. The summed E-state index contributed by atoms with van der Waals surface area (Å²) in [7, 11) is 0. The molecule has 37 heavy (non-hydrogen) atoms. The van der Waals surface area contributed by atoms with E-state index in [-0.39, 0.29) is 19.3 Å². The lowest BCUT2D eigenvalue weighted by Crippen LogP contribution is -2.41. The van der Waals surface area contributed by atoms with Gasteiger partial charge in [0.2, 0.25) is 5.91 Å². The van der Waals surface area contributed by atoms with Crippen molar-refractivity contribution in [1.82, 2.24) is 19.3 Å². The average Bonchev–Trinajstić information content (AvgIpc) is 3.30. The highest BCUT2D eigenvalue weighted by Gasteiger charge is 2.32. The highest BCUT2D eigenvalue weighted by molar-refractivity contribution is 5.86. The van der Waals surface area contributed by atoms with Crippen LogP contribution >= 0.6 is 0 Å². The number of amides is 1. The fourth-order valence-electron chi connectivity index (χ4n) is 5.81. The van der Waals surface area contributed by atoms with Gasteiger partial charge in [0.25, 0.3) is 0 Å². The lowest BCUT2D eigenvalue weighted by molar-refractivity contribution is -0.122. The van der Waals surface area contributed by atoms with Crippen LogP contribution in [0.5, 0.6) is 0 Å². The SMILES string of the molecule is C.N#Cc1c2c(c(N3CCC(C(N)=O)CC3)n3c1nc1ccccc13)CN(CCc1ccccn1)CC2. The monoisotopic (exact) mass is 495 g/mol. The van der Waals surface area contributed by atoms with Gasteiger partial charge in [-0.1, -0.05) is 25.6 Å². The lowest BCUT2D eigenvalue weighted by Gasteiger charge is -2.38. The number of hydrogen-bond acceptors (Lipinski definition) is 6. The van der Waals surface area contributed by atoms with Gasteiger partial charge in [0.05, 0.1) is 16.6 Å². The first kappa shape index (κ1) is 24.7. The second-order valence-electron chi connectivity index (χ2n) is 9.79. The van der Waals surface area contributed by atoms with Gasteiger partial charge in [-0.15, -0.1) is 0 Å². The molecule has 2 aliphatic heterocycles. The first-order valence-corrected chi connectivity index (χ1v) is 12.7. The first-order valence-electron chi connectivity index (χ1n) is 12.7. The van der Waals surface area contributed by atoms with Crippen molar-refractivity contribution in [2.24, 2.45) is 11.7 Å². The quantitative estimate of drug-likeness (QED) is 0.453. The molecule has 0 aliphatic carbocycles. The van der Waals surface area contributed by atoms with Crippen molar-refractivity contribution in [2.45, 2.75) is 39.7 Å². The molecule has 5 heterocycles. The second kappa shape index (κ2) is 10.2. The Morgan fingerprint density at radius 2 is 1.86 bits per heavy atom. The summed E-state index contributed by atoms with van der Waals surface area (Å²) in [5, 5.41) is 10.2. The molecule has 1 aromatic carbocycles. The Labute approximate surface area is 217 Å². The smallest absolute Gasteiger partial charge is 0.220 e. The summed E-state index contributed by atoms with van der Waals surface area (Å²) in [4.78, 5) is 26.1. The number of fused-ring (bicyclic) bond motifs is 4. The Balaban J connectivity index is 0.00000280. The number of aromatic nitrogens is 3. The molecule has 190 valence electrons. The van der Waals surface area contributed by atoms with Crippen molar-refractivity contribution in [2.75, 3.05) is 31.1 Å². The molecule has 6 rings (SSSR count). The van der Waals surface area contributed by atoms with Gasteiger partial charge in [-0.3, -0.25) is 19.1 Å². The molecule has 0 unspecified atom stereocenters. The van der Waals surface area contributed by atoms with E-state index >= 15 is 0 Å². The van der Waals surface area contributed by atoms with Crippen LogP contribution in [0.2, 0.25) is 0 Å². The Hall–Kier alpha value is -3.96. The van der Waals surface area contributed by atoms with Crippen LogP contribution in [0, 0.1) is 17.2 Å². The van der Waals surface area contributed by atoms with Gasteiger partial charge in [0, 0.05) is 62.5 Å². The number of rotatable bonds is 5. The van der Waals surface area contributed by atoms with Gasteiger partial charge in [-0.25, -0.2) is 4.98 Å². The second-order valence-corrected chi connectivity index (χ2v) is 9.79. The van der Waals surface area contributed by atoms with E-state index in [4.69, 9.17) is 10.7 Å². The normalized spacial score (nSPS) is 16.4. The van der Waals surface area contributed by atoms with Crippen molar-refractivity contribution in [3.8, 4) is 6.07 Å². The zero-order valence-electron chi connectivity index (χ0n) is 20.2. The number of hydrogen-bond donors (Lipinski definition) is 1. The number of carbonyl (C=O) groups is 1. The van der Waals surface area contributed by atoms with E-state index in [1.165, 1.54) is 5.56 Å². The molecule has 0 bridgehead atoms. The van der Waals surface area contributed by atoms with E-state index in [9.17, 15) is 10.1 Å². The number of nitrogens with zero attached hydrogens (tertiary/aromatic N) is 6. The molecule has 4 aromatic rings. The van der Waals surface area contributed by atoms with Crippen LogP contribution in [0.15, 0.2) is 48.7 Å². The number of para-hydroxylation sites is 2. The number of primary amides is 1. The highest BCUT2D eigenvalue weighted by Crippen LogP contribution is 2.38.